The van der Waals surface area contributed by atoms with Crippen molar-refractivity contribution in [3.63, 3.8) is 0 Å². The number of rotatable bonds is 3. The third kappa shape index (κ3) is 2.36. The molecule has 0 amide bonds. The Hall–Kier alpha value is -1.07. The van der Waals surface area contributed by atoms with Crippen molar-refractivity contribution in [3.05, 3.63) is 12.5 Å². The van der Waals surface area contributed by atoms with Gasteiger partial charge in [-0.15, -0.1) is 0 Å². The second kappa shape index (κ2) is 4.07. The molecule has 1 aliphatic rings. The van der Waals surface area contributed by atoms with Crippen molar-refractivity contribution in [2.24, 2.45) is 0 Å². The molecule has 3 N–H and O–H groups in total. The number of hydrogen-bond donors (Lipinski definition) is 2. The summed E-state index contributed by atoms with van der Waals surface area (Å²) in [5.74, 6) is 0.550. The zero-order valence-electron chi connectivity index (χ0n) is 9.93. The molecule has 0 saturated carbocycles. The number of likely N-dealkylation sites (tertiary alicyclic amines) is 1. The summed E-state index contributed by atoms with van der Waals surface area (Å²) in [4.78, 5) is 6.32. The van der Waals surface area contributed by atoms with E-state index in [1.165, 1.54) is 0 Å². The Balaban J connectivity index is 2.02. The number of nitrogen functional groups attached to an aromatic ring is 1. The van der Waals surface area contributed by atoms with Crippen LogP contribution in [0.4, 0.5) is 5.82 Å². The summed E-state index contributed by atoms with van der Waals surface area (Å²) in [6.07, 6.45) is 4.33. The molecular formula is C11H20N4O. The number of hydrogen-bond acceptors (Lipinski definition) is 4. The number of imidazole rings is 1. The molecule has 90 valence electrons. The van der Waals surface area contributed by atoms with Gasteiger partial charge in [-0.2, -0.15) is 0 Å². The Morgan fingerprint density at radius 2 is 2.38 bits per heavy atom. The highest BCUT2D eigenvalue weighted by molar-refractivity contribution is 5.23. The lowest BCUT2D eigenvalue weighted by atomic mass is 10.1. The molecule has 1 unspecified atom stereocenters. The van der Waals surface area contributed by atoms with E-state index in [0.717, 1.165) is 26.1 Å². The van der Waals surface area contributed by atoms with E-state index in [4.69, 9.17) is 5.73 Å². The molecule has 1 aromatic rings. The van der Waals surface area contributed by atoms with Crippen molar-refractivity contribution in [1.82, 2.24) is 14.5 Å². The molecule has 0 aliphatic carbocycles. The molecule has 0 aromatic carbocycles. The van der Waals surface area contributed by atoms with E-state index in [1.54, 1.807) is 6.33 Å². The molecule has 1 aliphatic heterocycles. The standard InChI is InChI=1S/C11H20N4O/c1-11(2,15-6-10(12)13-8-15)7-14-4-3-9(16)5-14/h6,8-9,16H,3-5,7,12H2,1-2H3. The Morgan fingerprint density at radius 3 is 2.88 bits per heavy atom. The van der Waals surface area contributed by atoms with Crippen LogP contribution in [-0.4, -0.2) is 45.3 Å². The molecule has 5 nitrogen and oxygen atoms in total. The maximum atomic E-state index is 9.49. The van der Waals surface area contributed by atoms with Crippen LogP contribution >= 0.6 is 0 Å². The van der Waals surface area contributed by atoms with Crippen LogP contribution in [0.15, 0.2) is 12.5 Å². The normalized spacial score (nSPS) is 22.8. The van der Waals surface area contributed by atoms with Crippen LogP contribution in [0.3, 0.4) is 0 Å². The van der Waals surface area contributed by atoms with Crippen molar-refractivity contribution < 1.29 is 5.11 Å². The largest absolute Gasteiger partial charge is 0.392 e. The summed E-state index contributed by atoms with van der Waals surface area (Å²) < 4.78 is 2.03. The number of nitrogens with zero attached hydrogens (tertiary/aromatic N) is 3. The number of nitrogens with two attached hydrogens (primary N) is 1. The van der Waals surface area contributed by atoms with Crippen molar-refractivity contribution in [2.75, 3.05) is 25.4 Å². The van der Waals surface area contributed by atoms with Gasteiger partial charge in [0, 0.05) is 25.8 Å². The van der Waals surface area contributed by atoms with Crippen LogP contribution in [-0.2, 0) is 5.54 Å². The molecule has 0 spiro atoms. The minimum absolute atomic E-state index is 0.0469. The fourth-order valence-corrected chi connectivity index (χ4v) is 2.25. The van der Waals surface area contributed by atoms with Gasteiger partial charge < -0.3 is 15.4 Å². The fourth-order valence-electron chi connectivity index (χ4n) is 2.25. The first-order valence-corrected chi connectivity index (χ1v) is 5.68. The fraction of sp³-hybridized carbons (Fsp3) is 0.727. The minimum Gasteiger partial charge on any atom is -0.392 e. The number of aromatic nitrogens is 2. The van der Waals surface area contributed by atoms with E-state index >= 15 is 0 Å². The van der Waals surface area contributed by atoms with Gasteiger partial charge in [-0.3, -0.25) is 4.90 Å². The second-order valence-corrected chi connectivity index (χ2v) is 5.20. The van der Waals surface area contributed by atoms with Crippen LogP contribution in [0.5, 0.6) is 0 Å². The Morgan fingerprint density at radius 1 is 1.62 bits per heavy atom. The van der Waals surface area contributed by atoms with E-state index in [-0.39, 0.29) is 11.6 Å². The topological polar surface area (TPSA) is 67.3 Å². The summed E-state index contributed by atoms with van der Waals surface area (Å²) in [5, 5.41) is 9.49. The molecule has 1 aromatic heterocycles. The predicted octanol–water partition coefficient (Wildman–Crippen LogP) is 0.267. The maximum absolute atomic E-state index is 9.49. The molecule has 1 atom stereocenters. The SMILES string of the molecule is CC(C)(CN1CCC(O)C1)n1cnc(N)c1. The Labute approximate surface area is 95.9 Å². The Kier molecular flexibility index (Phi) is 2.90. The van der Waals surface area contributed by atoms with Gasteiger partial charge in [0.25, 0.3) is 0 Å². The average molecular weight is 224 g/mol. The molecule has 2 rings (SSSR count). The first kappa shape index (κ1) is 11.4. The van der Waals surface area contributed by atoms with Gasteiger partial charge in [-0.05, 0) is 20.3 Å². The van der Waals surface area contributed by atoms with E-state index in [0.29, 0.717) is 5.82 Å². The van der Waals surface area contributed by atoms with E-state index in [9.17, 15) is 5.11 Å². The van der Waals surface area contributed by atoms with Crippen LogP contribution in [0.25, 0.3) is 0 Å². The molecular weight excluding hydrogens is 204 g/mol. The molecule has 5 heteroatoms. The maximum Gasteiger partial charge on any atom is 0.141 e. The lowest BCUT2D eigenvalue weighted by Gasteiger charge is -2.31. The zero-order chi connectivity index (χ0) is 11.8. The number of aliphatic hydroxyl groups excluding tert-OH is 1. The van der Waals surface area contributed by atoms with Crippen LogP contribution in [0, 0.1) is 0 Å². The summed E-state index contributed by atoms with van der Waals surface area (Å²) in [7, 11) is 0. The zero-order valence-corrected chi connectivity index (χ0v) is 9.93. The quantitative estimate of drug-likeness (QED) is 0.773. The van der Waals surface area contributed by atoms with Gasteiger partial charge in [0.05, 0.1) is 18.0 Å². The molecule has 1 saturated heterocycles. The smallest absolute Gasteiger partial charge is 0.141 e. The summed E-state index contributed by atoms with van der Waals surface area (Å²) >= 11 is 0. The summed E-state index contributed by atoms with van der Waals surface area (Å²) in [6.45, 7) is 6.94. The molecule has 2 heterocycles. The number of β-amino-alcohol motifs (C(OH)–C–C–N with tert-alkyl or cyclic N) is 1. The number of anilines is 1. The summed E-state index contributed by atoms with van der Waals surface area (Å²) in [6, 6.07) is 0. The monoisotopic (exact) mass is 224 g/mol. The van der Waals surface area contributed by atoms with E-state index < -0.39 is 0 Å². The molecule has 16 heavy (non-hydrogen) atoms. The highest BCUT2D eigenvalue weighted by Crippen LogP contribution is 2.20. The van der Waals surface area contributed by atoms with E-state index in [2.05, 4.69) is 23.7 Å². The highest BCUT2D eigenvalue weighted by atomic mass is 16.3. The minimum atomic E-state index is -0.163. The van der Waals surface area contributed by atoms with Crippen molar-refractivity contribution >= 4 is 5.82 Å². The lowest BCUT2D eigenvalue weighted by molar-refractivity contribution is 0.156. The van der Waals surface area contributed by atoms with Gasteiger partial charge in [-0.1, -0.05) is 0 Å². The van der Waals surface area contributed by atoms with Gasteiger partial charge in [0.1, 0.15) is 5.82 Å². The third-order valence-corrected chi connectivity index (χ3v) is 3.16. The van der Waals surface area contributed by atoms with Gasteiger partial charge in [0.2, 0.25) is 0 Å². The molecule has 0 bridgehead atoms. The summed E-state index contributed by atoms with van der Waals surface area (Å²) in [5.41, 5.74) is 5.57. The van der Waals surface area contributed by atoms with Gasteiger partial charge in [-0.25, -0.2) is 4.98 Å². The molecule has 0 radical (unpaired) electrons. The highest BCUT2D eigenvalue weighted by Gasteiger charge is 2.28. The van der Waals surface area contributed by atoms with Crippen LogP contribution in [0.1, 0.15) is 20.3 Å². The second-order valence-electron chi connectivity index (χ2n) is 5.20. The van der Waals surface area contributed by atoms with Crippen LogP contribution in [0.2, 0.25) is 0 Å². The van der Waals surface area contributed by atoms with E-state index in [1.807, 2.05) is 10.8 Å². The molecule has 1 fully saturated rings. The third-order valence-electron chi connectivity index (χ3n) is 3.16. The van der Waals surface area contributed by atoms with Gasteiger partial charge >= 0.3 is 0 Å². The van der Waals surface area contributed by atoms with Crippen molar-refractivity contribution in [1.29, 1.82) is 0 Å². The average Bonchev–Trinajstić information content (AvgIpc) is 2.75. The first-order chi connectivity index (χ1) is 7.47. The predicted molar refractivity (Wildman–Crippen MR) is 63.0 cm³/mol. The Bertz CT molecular complexity index is 361. The van der Waals surface area contributed by atoms with Crippen molar-refractivity contribution in [2.45, 2.75) is 31.9 Å². The number of aliphatic hydroxyl groups is 1. The van der Waals surface area contributed by atoms with Crippen molar-refractivity contribution in [3.8, 4) is 0 Å². The lowest BCUT2D eigenvalue weighted by Crippen LogP contribution is -2.39. The van der Waals surface area contributed by atoms with Crippen LogP contribution < -0.4 is 5.73 Å². The van der Waals surface area contributed by atoms with Gasteiger partial charge in [0.15, 0.2) is 0 Å². The first-order valence-electron chi connectivity index (χ1n) is 5.68.